The smallest absolute Gasteiger partial charge is 0.231 e. The molecule has 2 aromatic carbocycles. The van der Waals surface area contributed by atoms with E-state index in [-0.39, 0.29) is 5.91 Å². The van der Waals surface area contributed by atoms with E-state index < -0.39 is 0 Å². The Morgan fingerprint density at radius 2 is 2.00 bits per heavy atom. The van der Waals surface area contributed by atoms with Crippen LogP contribution in [0.3, 0.4) is 0 Å². The van der Waals surface area contributed by atoms with Gasteiger partial charge in [-0.1, -0.05) is 30.3 Å². The van der Waals surface area contributed by atoms with Crippen LogP contribution >= 0.6 is 0 Å². The van der Waals surface area contributed by atoms with Crippen LogP contribution in [-0.2, 0) is 17.6 Å². The van der Waals surface area contributed by atoms with Gasteiger partial charge in [0.2, 0.25) is 5.91 Å². The molecule has 1 aliphatic heterocycles. The first-order valence-electron chi connectivity index (χ1n) is 6.47. The van der Waals surface area contributed by atoms with Gasteiger partial charge in [0.1, 0.15) is 0 Å². The summed E-state index contributed by atoms with van der Waals surface area (Å²) < 4.78 is 0. The highest BCUT2D eigenvalue weighted by Gasteiger charge is 2.23. The van der Waals surface area contributed by atoms with Crippen LogP contribution in [0.25, 0.3) is 0 Å². The van der Waals surface area contributed by atoms with Gasteiger partial charge in [-0.2, -0.15) is 0 Å². The summed E-state index contributed by atoms with van der Waals surface area (Å²) in [6, 6.07) is 15.6. The lowest BCUT2D eigenvalue weighted by Gasteiger charge is -2.17. The number of nitrogens with zero attached hydrogens (tertiary/aromatic N) is 1. The second-order valence-electron chi connectivity index (χ2n) is 4.85. The Hall–Kier alpha value is -2.29. The van der Waals surface area contributed by atoms with Crippen LogP contribution in [-0.4, -0.2) is 12.5 Å². The highest BCUT2D eigenvalue weighted by atomic mass is 16.2. The number of benzene rings is 2. The zero-order valence-electron chi connectivity index (χ0n) is 10.7. The van der Waals surface area contributed by atoms with Crippen molar-refractivity contribution >= 4 is 17.3 Å². The largest absolute Gasteiger partial charge is 0.399 e. The van der Waals surface area contributed by atoms with Gasteiger partial charge in [-0.25, -0.2) is 0 Å². The second-order valence-corrected chi connectivity index (χ2v) is 4.85. The van der Waals surface area contributed by atoms with Gasteiger partial charge in [-0.3, -0.25) is 4.79 Å². The first-order chi connectivity index (χ1) is 9.24. The molecule has 0 saturated carbocycles. The van der Waals surface area contributed by atoms with E-state index in [1.807, 2.05) is 47.4 Å². The number of amides is 1. The fourth-order valence-corrected chi connectivity index (χ4v) is 2.57. The van der Waals surface area contributed by atoms with Gasteiger partial charge in [-0.15, -0.1) is 0 Å². The zero-order chi connectivity index (χ0) is 13.2. The van der Waals surface area contributed by atoms with E-state index in [1.165, 1.54) is 5.56 Å². The van der Waals surface area contributed by atoms with Crippen LogP contribution in [0, 0.1) is 0 Å². The van der Waals surface area contributed by atoms with Crippen LogP contribution in [0.5, 0.6) is 0 Å². The van der Waals surface area contributed by atoms with Crippen molar-refractivity contribution in [1.82, 2.24) is 0 Å². The molecule has 0 bridgehead atoms. The van der Waals surface area contributed by atoms with Crippen LogP contribution in [0.1, 0.15) is 11.1 Å². The average molecular weight is 252 g/mol. The minimum Gasteiger partial charge on any atom is -0.399 e. The third kappa shape index (κ3) is 2.32. The summed E-state index contributed by atoms with van der Waals surface area (Å²) in [4.78, 5) is 14.2. The molecule has 3 rings (SSSR count). The molecular formula is C16H16N2O. The van der Waals surface area contributed by atoms with E-state index in [4.69, 9.17) is 5.73 Å². The maximum atomic E-state index is 12.4. The number of nitrogens with two attached hydrogens (primary N) is 1. The lowest BCUT2D eigenvalue weighted by atomic mass is 10.1. The number of rotatable bonds is 2. The molecule has 1 amide bonds. The summed E-state index contributed by atoms with van der Waals surface area (Å²) in [7, 11) is 0. The highest BCUT2D eigenvalue weighted by molar-refractivity contribution is 5.96. The fourth-order valence-electron chi connectivity index (χ4n) is 2.57. The molecule has 0 atom stereocenters. The molecule has 1 heterocycles. The molecule has 3 nitrogen and oxygen atoms in total. The summed E-state index contributed by atoms with van der Waals surface area (Å²) in [5.74, 6) is 0.135. The molecule has 2 aromatic rings. The Kier molecular flexibility index (Phi) is 2.95. The maximum absolute atomic E-state index is 12.4. The minimum absolute atomic E-state index is 0.135. The van der Waals surface area contributed by atoms with Gasteiger partial charge >= 0.3 is 0 Å². The molecule has 0 aromatic heterocycles. The zero-order valence-corrected chi connectivity index (χ0v) is 10.7. The number of anilines is 2. The van der Waals surface area contributed by atoms with Crippen molar-refractivity contribution in [2.24, 2.45) is 0 Å². The maximum Gasteiger partial charge on any atom is 0.231 e. The quantitative estimate of drug-likeness (QED) is 0.834. The molecule has 2 N–H and O–H groups in total. The predicted octanol–water partition coefficient (Wildman–Crippen LogP) is 2.40. The monoisotopic (exact) mass is 252 g/mol. The number of para-hydroxylation sites is 1. The Balaban J connectivity index is 1.79. The van der Waals surface area contributed by atoms with Crippen molar-refractivity contribution in [3.63, 3.8) is 0 Å². The molecular weight excluding hydrogens is 236 g/mol. The Bertz CT molecular complexity index is 622. The number of nitrogen functional groups attached to an aromatic ring is 1. The molecule has 0 fully saturated rings. The van der Waals surface area contributed by atoms with E-state index in [0.717, 1.165) is 24.2 Å². The van der Waals surface area contributed by atoms with Gasteiger partial charge in [0.15, 0.2) is 0 Å². The molecule has 19 heavy (non-hydrogen) atoms. The number of hydrogen-bond acceptors (Lipinski definition) is 2. The summed E-state index contributed by atoms with van der Waals surface area (Å²) in [5, 5.41) is 0. The lowest BCUT2D eigenvalue weighted by Crippen LogP contribution is -2.30. The summed E-state index contributed by atoms with van der Waals surface area (Å²) in [6.07, 6.45) is 1.35. The normalized spacial score (nSPS) is 13.4. The summed E-state index contributed by atoms with van der Waals surface area (Å²) in [6.45, 7) is 0.778. The van der Waals surface area contributed by atoms with Crippen molar-refractivity contribution < 1.29 is 4.79 Å². The van der Waals surface area contributed by atoms with E-state index in [9.17, 15) is 4.79 Å². The second kappa shape index (κ2) is 4.76. The molecule has 0 unspecified atom stereocenters. The average Bonchev–Trinajstić information content (AvgIpc) is 2.82. The van der Waals surface area contributed by atoms with E-state index >= 15 is 0 Å². The van der Waals surface area contributed by atoms with Crippen molar-refractivity contribution in [1.29, 1.82) is 0 Å². The number of carbonyl (C=O) groups is 1. The number of carbonyl (C=O) groups excluding carboxylic acids is 1. The van der Waals surface area contributed by atoms with Crippen molar-refractivity contribution in [3.8, 4) is 0 Å². The van der Waals surface area contributed by atoms with Gasteiger partial charge in [0.25, 0.3) is 0 Å². The van der Waals surface area contributed by atoms with Crippen LogP contribution in [0.2, 0.25) is 0 Å². The van der Waals surface area contributed by atoms with Gasteiger partial charge in [0.05, 0.1) is 6.42 Å². The van der Waals surface area contributed by atoms with Gasteiger partial charge in [0, 0.05) is 17.9 Å². The Labute approximate surface area is 112 Å². The molecule has 96 valence electrons. The molecule has 0 radical (unpaired) electrons. The summed E-state index contributed by atoms with van der Waals surface area (Å²) in [5.41, 5.74) is 9.71. The first kappa shape index (κ1) is 11.8. The fraction of sp³-hybridized carbons (Fsp3) is 0.188. The minimum atomic E-state index is 0.135. The number of hydrogen-bond donors (Lipinski definition) is 1. The Morgan fingerprint density at radius 3 is 2.84 bits per heavy atom. The third-order valence-corrected chi connectivity index (χ3v) is 3.49. The Morgan fingerprint density at radius 1 is 1.16 bits per heavy atom. The predicted molar refractivity (Wildman–Crippen MR) is 77.1 cm³/mol. The van der Waals surface area contributed by atoms with Crippen molar-refractivity contribution in [3.05, 3.63) is 59.7 Å². The molecule has 0 spiro atoms. The molecule has 3 heteroatoms. The SMILES string of the molecule is Nc1cccc(CC(=O)N2CCc3ccccc32)c1. The van der Waals surface area contributed by atoms with E-state index in [0.29, 0.717) is 12.1 Å². The van der Waals surface area contributed by atoms with Crippen molar-refractivity contribution in [2.45, 2.75) is 12.8 Å². The first-order valence-corrected chi connectivity index (χ1v) is 6.47. The van der Waals surface area contributed by atoms with Gasteiger partial charge in [-0.05, 0) is 35.7 Å². The standard InChI is InChI=1S/C16H16N2O/c17-14-6-3-4-12(10-14)11-16(19)18-9-8-13-5-1-2-7-15(13)18/h1-7,10H,8-9,11,17H2. The molecule has 0 saturated heterocycles. The number of fused-ring (bicyclic) bond motifs is 1. The van der Waals surface area contributed by atoms with Crippen LogP contribution in [0.4, 0.5) is 11.4 Å². The van der Waals surface area contributed by atoms with E-state index in [2.05, 4.69) is 6.07 Å². The molecule has 1 aliphatic rings. The van der Waals surface area contributed by atoms with Crippen molar-refractivity contribution in [2.75, 3.05) is 17.2 Å². The van der Waals surface area contributed by atoms with Gasteiger partial charge < -0.3 is 10.6 Å². The van der Waals surface area contributed by atoms with Crippen LogP contribution in [0.15, 0.2) is 48.5 Å². The topological polar surface area (TPSA) is 46.3 Å². The van der Waals surface area contributed by atoms with E-state index in [1.54, 1.807) is 0 Å². The summed E-state index contributed by atoms with van der Waals surface area (Å²) >= 11 is 0. The highest BCUT2D eigenvalue weighted by Crippen LogP contribution is 2.28. The third-order valence-electron chi connectivity index (χ3n) is 3.49. The lowest BCUT2D eigenvalue weighted by molar-refractivity contribution is -0.117. The molecule has 0 aliphatic carbocycles. The van der Waals surface area contributed by atoms with Crippen LogP contribution < -0.4 is 10.6 Å².